The molecule has 0 bridgehead atoms. The summed E-state index contributed by atoms with van der Waals surface area (Å²) in [4.78, 5) is 3.49. The highest BCUT2D eigenvalue weighted by atomic mass is 35.5. The van der Waals surface area contributed by atoms with Gasteiger partial charge in [0.05, 0.1) is 11.6 Å². The summed E-state index contributed by atoms with van der Waals surface area (Å²) in [5, 5.41) is 5.32. The maximum absolute atomic E-state index is 12.7. The van der Waals surface area contributed by atoms with Crippen LogP contribution in [0, 0.1) is 0 Å². The molecule has 1 N–H and O–H groups in total. The molecule has 1 fully saturated rings. The highest BCUT2D eigenvalue weighted by Gasteiger charge is 2.31. The van der Waals surface area contributed by atoms with E-state index in [0.29, 0.717) is 0 Å². The standard InChI is InChI=1S/C16H17F3N2S.ClH/c17-16(18,19)13-5-3-12(4-6-13)15(14-2-1-11-22-14)21-9-7-20-8-10-21;/h1-6,11,15,20H,7-10H2;1H/t15-;/m1./s1. The molecule has 1 aliphatic rings. The van der Waals surface area contributed by atoms with Crippen molar-refractivity contribution in [2.45, 2.75) is 12.2 Å². The summed E-state index contributed by atoms with van der Waals surface area (Å²) in [6.07, 6.45) is -4.29. The quantitative estimate of drug-likeness (QED) is 0.881. The molecule has 0 unspecified atom stereocenters. The lowest BCUT2D eigenvalue weighted by atomic mass is 10.0. The molecule has 126 valence electrons. The van der Waals surface area contributed by atoms with Crippen LogP contribution in [0.15, 0.2) is 41.8 Å². The number of thiophene rings is 1. The number of nitrogens with one attached hydrogen (secondary N) is 1. The van der Waals surface area contributed by atoms with Crippen LogP contribution in [0.2, 0.25) is 0 Å². The van der Waals surface area contributed by atoms with E-state index in [0.717, 1.165) is 31.7 Å². The Kier molecular flexibility index (Phi) is 6.08. The molecular weight excluding hydrogens is 345 g/mol. The van der Waals surface area contributed by atoms with Crippen molar-refractivity contribution in [3.63, 3.8) is 0 Å². The first kappa shape index (κ1) is 18.3. The Bertz CT molecular complexity index is 593. The molecule has 0 aliphatic carbocycles. The number of halogens is 4. The summed E-state index contributed by atoms with van der Waals surface area (Å²) in [5.41, 5.74) is 0.318. The van der Waals surface area contributed by atoms with Crippen LogP contribution >= 0.6 is 23.7 Å². The van der Waals surface area contributed by atoms with Crippen molar-refractivity contribution >= 4 is 23.7 Å². The molecule has 1 aromatic heterocycles. The number of hydrogen-bond donors (Lipinski definition) is 1. The fourth-order valence-electron chi connectivity index (χ4n) is 2.80. The number of alkyl halides is 3. The summed E-state index contributed by atoms with van der Waals surface area (Å²) >= 11 is 1.64. The zero-order valence-electron chi connectivity index (χ0n) is 12.3. The molecule has 1 saturated heterocycles. The maximum Gasteiger partial charge on any atom is 0.416 e. The first-order valence-corrected chi connectivity index (χ1v) is 8.09. The predicted molar refractivity (Wildman–Crippen MR) is 89.3 cm³/mol. The molecular formula is C16H18ClF3N2S. The first-order valence-electron chi connectivity index (χ1n) is 7.21. The molecule has 1 atom stereocenters. The fourth-order valence-corrected chi connectivity index (χ4v) is 3.68. The number of nitrogens with zero attached hydrogens (tertiary/aromatic N) is 1. The molecule has 7 heteroatoms. The smallest absolute Gasteiger partial charge is 0.314 e. The van der Waals surface area contributed by atoms with Crippen LogP contribution in [0.3, 0.4) is 0 Å². The van der Waals surface area contributed by atoms with Crippen molar-refractivity contribution in [2.75, 3.05) is 26.2 Å². The summed E-state index contributed by atoms with van der Waals surface area (Å²) in [6.45, 7) is 3.60. The molecule has 1 aliphatic heterocycles. The average molecular weight is 363 g/mol. The summed E-state index contributed by atoms with van der Waals surface area (Å²) < 4.78 is 38.2. The number of rotatable bonds is 3. The maximum atomic E-state index is 12.7. The summed E-state index contributed by atoms with van der Waals surface area (Å²) in [7, 11) is 0. The Hall–Kier alpha value is -1.08. The number of hydrogen-bond acceptors (Lipinski definition) is 3. The molecule has 2 aromatic rings. The second-order valence-electron chi connectivity index (χ2n) is 5.32. The van der Waals surface area contributed by atoms with Crippen molar-refractivity contribution in [1.29, 1.82) is 0 Å². The lowest BCUT2D eigenvalue weighted by molar-refractivity contribution is -0.137. The predicted octanol–water partition coefficient (Wildman–Crippen LogP) is 4.18. The van der Waals surface area contributed by atoms with Gasteiger partial charge in [0.25, 0.3) is 0 Å². The van der Waals surface area contributed by atoms with Gasteiger partial charge in [-0.3, -0.25) is 4.90 Å². The summed E-state index contributed by atoms with van der Waals surface area (Å²) in [5.74, 6) is 0. The fraction of sp³-hybridized carbons (Fsp3) is 0.375. The third-order valence-corrected chi connectivity index (χ3v) is 4.81. The Labute approximate surface area is 143 Å². The minimum absolute atomic E-state index is 0. The van der Waals surface area contributed by atoms with Gasteiger partial charge in [-0.25, -0.2) is 0 Å². The highest BCUT2D eigenvalue weighted by molar-refractivity contribution is 7.10. The summed E-state index contributed by atoms with van der Waals surface area (Å²) in [6, 6.07) is 9.64. The monoisotopic (exact) mass is 362 g/mol. The second-order valence-corrected chi connectivity index (χ2v) is 6.30. The van der Waals surface area contributed by atoms with Crippen molar-refractivity contribution in [3.8, 4) is 0 Å². The van der Waals surface area contributed by atoms with Gasteiger partial charge in [-0.15, -0.1) is 23.7 Å². The molecule has 23 heavy (non-hydrogen) atoms. The third-order valence-electron chi connectivity index (χ3n) is 3.88. The Morgan fingerprint density at radius 3 is 2.22 bits per heavy atom. The topological polar surface area (TPSA) is 15.3 Å². The number of piperazine rings is 1. The molecule has 0 saturated carbocycles. The molecule has 2 heterocycles. The largest absolute Gasteiger partial charge is 0.416 e. The van der Waals surface area contributed by atoms with Crippen molar-refractivity contribution in [2.24, 2.45) is 0 Å². The van der Waals surface area contributed by atoms with E-state index in [1.807, 2.05) is 11.4 Å². The highest BCUT2D eigenvalue weighted by Crippen LogP contribution is 2.34. The Balaban J connectivity index is 0.00000192. The van der Waals surface area contributed by atoms with E-state index in [1.54, 1.807) is 23.5 Å². The lowest BCUT2D eigenvalue weighted by Crippen LogP contribution is -2.45. The first-order chi connectivity index (χ1) is 10.6. The van der Waals surface area contributed by atoms with Crippen LogP contribution in [0.1, 0.15) is 22.0 Å². The number of benzene rings is 1. The SMILES string of the molecule is Cl.FC(F)(F)c1ccc([C@H](c2cccs2)N2CCNCC2)cc1. The van der Waals surface area contributed by atoms with Crippen LogP contribution in [0.4, 0.5) is 13.2 Å². The normalized spacial score (nSPS) is 17.5. The van der Waals surface area contributed by atoms with Gasteiger partial charge in [-0.2, -0.15) is 13.2 Å². The van der Waals surface area contributed by atoms with Crippen LogP contribution in [0.25, 0.3) is 0 Å². The van der Waals surface area contributed by atoms with Crippen molar-refractivity contribution in [1.82, 2.24) is 10.2 Å². The van der Waals surface area contributed by atoms with Gasteiger partial charge in [0, 0.05) is 31.1 Å². The van der Waals surface area contributed by atoms with Crippen LogP contribution in [-0.2, 0) is 6.18 Å². The van der Waals surface area contributed by atoms with Gasteiger partial charge in [0.15, 0.2) is 0 Å². The molecule has 0 radical (unpaired) electrons. The van der Waals surface area contributed by atoms with E-state index < -0.39 is 11.7 Å². The van der Waals surface area contributed by atoms with Crippen molar-refractivity contribution in [3.05, 3.63) is 57.8 Å². The van der Waals surface area contributed by atoms with Crippen LogP contribution in [0.5, 0.6) is 0 Å². The zero-order chi connectivity index (χ0) is 15.6. The molecule has 3 rings (SSSR count). The van der Waals surface area contributed by atoms with Gasteiger partial charge in [-0.05, 0) is 29.1 Å². The van der Waals surface area contributed by atoms with Crippen LogP contribution in [-0.4, -0.2) is 31.1 Å². The van der Waals surface area contributed by atoms with E-state index in [9.17, 15) is 13.2 Å². The Morgan fingerprint density at radius 2 is 1.70 bits per heavy atom. The molecule has 1 aromatic carbocycles. The molecule has 2 nitrogen and oxygen atoms in total. The van der Waals surface area contributed by atoms with Crippen LogP contribution < -0.4 is 5.32 Å². The van der Waals surface area contributed by atoms with E-state index >= 15 is 0 Å². The molecule has 0 amide bonds. The Morgan fingerprint density at radius 1 is 1.04 bits per heavy atom. The van der Waals surface area contributed by atoms with Gasteiger partial charge >= 0.3 is 6.18 Å². The average Bonchev–Trinajstić information content (AvgIpc) is 3.02. The van der Waals surface area contributed by atoms with E-state index in [-0.39, 0.29) is 18.4 Å². The van der Waals surface area contributed by atoms with E-state index in [1.165, 1.54) is 17.0 Å². The van der Waals surface area contributed by atoms with Gasteiger partial charge in [0.1, 0.15) is 0 Å². The third kappa shape index (κ3) is 4.26. The van der Waals surface area contributed by atoms with Crippen molar-refractivity contribution < 1.29 is 13.2 Å². The van der Waals surface area contributed by atoms with Gasteiger partial charge in [-0.1, -0.05) is 18.2 Å². The molecule has 0 spiro atoms. The van der Waals surface area contributed by atoms with Gasteiger partial charge < -0.3 is 5.32 Å². The van der Waals surface area contributed by atoms with E-state index in [2.05, 4.69) is 16.3 Å². The zero-order valence-corrected chi connectivity index (χ0v) is 14.0. The second kappa shape index (κ2) is 7.66. The minimum Gasteiger partial charge on any atom is -0.314 e. The van der Waals surface area contributed by atoms with Gasteiger partial charge in [0.2, 0.25) is 0 Å². The van der Waals surface area contributed by atoms with E-state index in [4.69, 9.17) is 0 Å². The minimum atomic E-state index is -4.29. The lowest BCUT2D eigenvalue weighted by Gasteiger charge is -2.34.